The van der Waals surface area contributed by atoms with Crippen molar-refractivity contribution in [3.8, 4) is 6.07 Å². The smallest absolute Gasteiger partial charge is 0.270 e. The average Bonchev–Trinajstić information content (AvgIpc) is 2.96. The van der Waals surface area contributed by atoms with Crippen molar-refractivity contribution in [2.45, 2.75) is 26.3 Å². The summed E-state index contributed by atoms with van der Waals surface area (Å²) in [5.74, 6) is 0. The number of anilines is 1. The SMILES string of the molecule is CCc1ccc(C(C)Nc2ccc([N+](=O)[O-])cc2C#N)s1. The highest BCUT2D eigenvalue weighted by molar-refractivity contribution is 7.12. The van der Waals surface area contributed by atoms with Crippen LogP contribution in [-0.2, 0) is 6.42 Å². The zero-order valence-electron chi connectivity index (χ0n) is 11.8. The van der Waals surface area contributed by atoms with Crippen molar-refractivity contribution in [2.75, 3.05) is 5.32 Å². The number of rotatable bonds is 5. The van der Waals surface area contributed by atoms with E-state index in [0.717, 1.165) is 6.42 Å². The van der Waals surface area contributed by atoms with Gasteiger partial charge in [-0.1, -0.05) is 6.92 Å². The average molecular weight is 301 g/mol. The molecule has 0 aliphatic carbocycles. The molecule has 1 unspecified atom stereocenters. The van der Waals surface area contributed by atoms with Crippen LogP contribution in [0.25, 0.3) is 0 Å². The van der Waals surface area contributed by atoms with Crippen molar-refractivity contribution < 1.29 is 4.92 Å². The largest absolute Gasteiger partial charge is 0.377 e. The highest BCUT2D eigenvalue weighted by Gasteiger charge is 2.14. The van der Waals surface area contributed by atoms with Gasteiger partial charge >= 0.3 is 0 Å². The lowest BCUT2D eigenvalue weighted by Crippen LogP contribution is -2.06. The van der Waals surface area contributed by atoms with Crippen molar-refractivity contribution >= 4 is 22.7 Å². The molecule has 0 saturated heterocycles. The zero-order chi connectivity index (χ0) is 15.4. The lowest BCUT2D eigenvalue weighted by molar-refractivity contribution is -0.384. The van der Waals surface area contributed by atoms with Crippen LogP contribution in [0, 0.1) is 21.4 Å². The molecule has 5 nitrogen and oxygen atoms in total. The van der Waals surface area contributed by atoms with Crippen LogP contribution in [0.1, 0.15) is 35.2 Å². The molecule has 1 atom stereocenters. The summed E-state index contributed by atoms with van der Waals surface area (Å²) in [6.07, 6.45) is 0.998. The van der Waals surface area contributed by atoms with Crippen LogP contribution in [0.3, 0.4) is 0 Å². The molecule has 2 aromatic rings. The van der Waals surface area contributed by atoms with Crippen LogP contribution >= 0.6 is 11.3 Å². The number of thiophene rings is 1. The monoisotopic (exact) mass is 301 g/mol. The molecule has 2 rings (SSSR count). The van der Waals surface area contributed by atoms with Crippen LogP contribution in [-0.4, -0.2) is 4.92 Å². The second kappa shape index (κ2) is 6.37. The van der Waals surface area contributed by atoms with E-state index < -0.39 is 4.92 Å². The highest BCUT2D eigenvalue weighted by Crippen LogP contribution is 2.29. The van der Waals surface area contributed by atoms with Gasteiger partial charge in [0.2, 0.25) is 0 Å². The molecular weight excluding hydrogens is 286 g/mol. The van der Waals surface area contributed by atoms with Gasteiger partial charge in [0.05, 0.1) is 22.2 Å². The lowest BCUT2D eigenvalue weighted by Gasteiger charge is -2.14. The van der Waals surface area contributed by atoms with Gasteiger partial charge in [0.15, 0.2) is 0 Å². The first kappa shape index (κ1) is 15.0. The molecule has 0 amide bonds. The fourth-order valence-corrected chi connectivity index (χ4v) is 2.94. The molecule has 1 aromatic carbocycles. The maximum Gasteiger partial charge on any atom is 0.270 e. The van der Waals surface area contributed by atoms with E-state index in [2.05, 4.69) is 24.4 Å². The van der Waals surface area contributed by atoms with Crippen molar-refractivity contribution in [3.05, 3.63) is 55.8 Å². The van der Waals surface area contributed by atoms with Gasteiger partial charge < -0.3 is 5.32 Å². The Morgan fingerprint density at radius 1 is 1.43 bits per heavy atom. The highest BCUT2D eigenvalue weighted by atomic mass is 32.1. The fourth-order valence-electron chi connectivity index (χ4n) is 1.99. The van der Waals surface area contributed by atoms with E-state index >= 15 is 0 Å². The van der Waals surface area contributed by atoms with Gasteiger partial charge in [-0.15, -0.1) is 11.3 Å². The molecule has 0 saturated carbocycles. The molecule has 6 heteroatoms. The number of hydrogen-bond donors (Lipinski definition) is 1. The van der Waals surface area contributed by atoms with Gasteiger partial charge in [-0.05, 0) is 31.5 Å². The molecule has 0 bridgehead atoms. The van der Waals surface area contributed by atoms with Crippen LogP contribution < -0.4 is 5.32 Å². The van der Waals surface area contributed by atoms with Gasteiger partial charge in [-0.3, -0.25) is 10.1 Å². The molecular formula is C15H15N3O2S. The Balaban J connectivity index is 2.22. The van der Waals surface area contributed by atoms with E-state index in [4.69, 9.17) is 5.26 Å². The maximum atomic E-state index is 10.7. The lowest BCUT2D eigenvalue weighted by atomic mass is 10.1. The summed E-state index contributed by atoms with van der Waals surface area (Å²) >= 11 is 1.73. The number of hydrogen-bond acceptors (Lipinski definition) is 5. The molecule has 21 heavy (non-hydrogen) atoms. The van der Waals surface area contributed by atoms with Crippen LogP contribution in [0.2, 0.25) is 0 Å². The number of nitriles is 1. The third-order valence-electron chi connectivity index (χ3n) is 3.16. The maximum absolute atomic E-state index is 10.7. The van der Waals surface area contributed by atoms with Crippen molar-refractivity contribution in [3.63, 3.8) is 0 Å². The fraction of sp³-hybridized carbons (Fsp3) is 0.267. The minimum absolute atomic E-state index is 0.0452. The van der Waals surface area contributed by atoms with E-state index in [9.17, 15) is 10.1 Å². The summed E-state index contributed by atoms with van der Waals surface area (Å²) in [7, 11) is 0. The zero-order valence-corrected chi connectivity index (χ0v) is 12.6. The summed E-state index contributed by atoms with van der Waals surface area (Å²) < 4.78 is 0. The number of nitro benzene ring substituents is 1. The molecule has 108 valence electrons. The quantitative estimate of drug-likeness (QED) is 0.661. The number of benzene rings is 1. The molecule has 0 spiro atoms. The van der Waals surface area contributed by atoms with E-state index in [0.29, 0.717) is 5.69 Å². The second-order valence-electron chi connectivity index (χ2n) is 4.62. The molecule has 1 aromatic heterocycles. The van der Waals surface area contributed by atoms with Crippen molar-refractivity contribution in [2.24, 2.45) is 0 Å². The Labute approximate surface area is 127 Å². The molecule has 0 aliphatic heterocycles. The van der Waals surface area contributed by atoms with Crippen LogP contribution in [0.15, 0.2) is 30.3 Å². The number of nitrogens with zero attached hydrogens (tertiary/aromatic N) is 2. The van der Waals surface area contributed by atoms with Crippen LogP contribution in [0.4, 0.5) is 11.4 Å². The summed E-state index contributed by atoms with van der Waals surface area (Å²) in [4.78, 5) is 12.7. The van der Waals surface area contributed by atoms with Crippen molar-refractivity contribution in [1.29, 1.82) is 5.26 Å². The van der Waals surface area contributed by atoms with Crippen LogP contribution in [0.5, 0.6) is 0 Å². The van der Waals surface area contributed by atoms with Gasteiger partial charge in [-0.2, -0.15) is 5.26 Å². The normalized spacial score (nSPS) is 11.7. The Morgan fingerprint density at radius 3 is 2.76 bits per heavy atom. The van der Waals surface area contributed by atoms with E-state index in [1.807, 2.05) is 13.0 Å². The predicted molar refractivity (Wildman–Crippen MR) is 83.5 cm³/mol. The van der Waals surface area contributed by atoms with E-state index in [-0.39, 0.29) is 17.3 Å². The van der Waals surface area contributed by atoms with Crippen molar-refractivity contribution in [1.82, 2.24) is 0 Å². The van der Waals surface area contributed by atoms with Gasteiger partial charge in [0, 0.05) is 21.9 Å². The van der Waals surface area contributed by atoms with E-state index in [1.54, 1.807) is 17.4 Å². The molecule has 0 fully saturated rings. The summed E-state index contributed by atoms with van der Waals surface area (Å²) in [6.45, 7) is 4.12. The summed E-state index contributed by atoms with van der Waals surface area (Å²) in [5.41, 5.74) is 0.819. The van der Waals surface area contributed by atoms with Gasteiger partial charge in [0.1, 0.15) is 6.07 Å². The van der Waals surface area contributed by atoms with Gasteiger partial charge in [-0.25, -0.2) is 0 Å². The van der Waals surface area contributed by atoms with E-state index in [1.165, 1.54) is 21.9 Å². The standard InChI is InChI=1S/C15H15N3O2S/c1-3-13-5-7-15(21-13)10(2)17-14-6-4-12(18(19)20)8-11(14)9-16/h4-8,10,17H,3H2,1-2H3. The number of non-ortho nitro benzene ring substituents is 1. The minimum Gasteiger partial charge on any atom is -0.377 e. The second-order valence-corrected chi connectivity index (χ2v) is 5.82. The predicted octanol–water partition coefficient (Wildman–Crippen LogP) is 4.26. The Morgan fingerprint density at radius 2 is 2.19 bits per heavy atom. The first-order valence-electron chi connectivity index (χ1n) is 6.58. The minimum atomic E-state index is -0.499. The Hall–Kier alpha value is -2.39. The third kappa shape index (κ3) is 3.38. The third-order valence-corrected chi connectivity index (χ3v) is 4.58. The molecule has 1 N–H and O–H groups in total. The number of nitrogens with one attached hydrogen (secondary N) is 1. The van der Waals surface area contributed by atoms with Gasteiger partial charge in [0.25, 0.3) is 5.69 Å². The summed E-state index contributed by atoms with van der Waals surface area (Å²) in [5, 5.41) is 23.1. The topological polar surface area (TPSA) is 79.0 Å². The molecule has 1 heterocycles. The first-order valence-corrected chi connectivity index (χ1v) is 7.40. The number of nitro groups is 1. The summed E-state index contributed by atoms with van der Waals surface area (Å²) in [6, 6.07) is 10.5. The Kier molecular flexibility index (Phi) is 4.55. The molecule has 0 radical (unpaired) electrons. The Bertz CT molecular complexity index is 703. The number of aryl methyl sites for hydroxylation is 1. The first-order chi connectivity index (χ1) is 10.0. The molecule has 0 aliphatic rings.